The average Bonchev–Trinajstić information content (AvgIpc) is 2.67. The Balaban J connectivity index is 2.09. The highest BCUT2D eigenvalue weighted by molar-refractivity contribution is 5.94. The highest BCUT2D eigenvalue weighted by Crippen LogP contribution is 2.16. The number of hydrogen-bond donors (Lipinski definition) is 1. The van der Waals surface area contributed by atoms with E-state index in [1.165, 1.54) is 0 Å². The molecule has 0 fully saturated rings. The van der Waals surface area contributed by atoms with Gasteiger partial charge in [-0.1, -0.05) is 43.3 Å². The SMILES string of the molecule is CCCOc1cccc(C(=O)N(CCC(N)=O)CCc2ccccc2)c1. The number of amides is 2. The van der Waals surface area contributed by atoms with E-state index in [9.17, 15) is 9.59 Å². The van der Waals surface area contributed by atoms with E-state index in [1.54, 1.807) is 17.0 Å². The molecule has 0 aromatic heterocycles. The fourth-order valence-electron chi connectivity index (χ4n) is 2.59. The van der Waals surface area contributed by atoms with E-state index in [0.29, 0.717) is 31.0 Å². The van der Waals surface area contributed by atoms with Gasteiger partial charge in [0.15, 0.2) is 0 Å². The summed E-state index contributed by atoms with van der Waals surface area (Å²) in [5.41, 5.74) is 6.96. The lowest BCUT2D eigenvalue weighted by Gasteiger charge is -2.22. The van der Waals surface area contributed by atoms with Crippen molar-refractivity contribution in [1.29, 1.82) is 0 Å². The third-order valence-electron chi connectivity index (χ3n) is 3.98. The number of hydrogen-bond acceptors (Lipinski definition) is 3. The maximum absolute atomic E-state index is 12.9. The van der Waals surface area contributed by atoms with Gasteiger partial charge < -0.3 is 15.4 Å². The fraction of sp³-hybridized carbons (Fsp3) is 0.333. The van der Waals surface area contributed by atoms with Crippen molar-refractivity contribution in [3.05, 3.63) is 65.7 Å². The molecule has 2 aromatic rings. The summed E-state index contributed by atoms with van der Waals surface area (Å²) in [6, 6.07) is 17.1. The largest absolute Gasteiger partial charge is 0.494 e. The van der Waals surface area contributed by atoms with Gasteiger partial charge in [0.05, 0.1) is 6.61 Å². The summed E-state index contributed by atoms with van der Waals surface area (Å²) < 4.78 is 5.61. The lowest BCUT2D eigenvalue weighted by atomic mass is 10.1. The molecule has 0 aliphatic heterocycles. The molecule has 26 heavy (non-hydrogen) atoms. The van der Waals surface area contributed by atoms with Gasteiger partial charge in [0.1, 0.15) is 5.75 Å². The topological polar surface area (TPSA) is 72.6 Å². The molecule has 0 saturated heterocycles. The first-order valence-electron chi connectivity index (χ1n) is 8.94. The minimum Gasteiger partial charge on any atom is -0.494 e. The van der Waals surface area contributed by atoms with Crippen molar-refractivity contribution in [2.45, 2.75) is 26.2 Å². The van der Waals surface area contributed by atoms with Crippen molar-refractivity contribution < 1.29 is 14.3 Å². The molecule has 2 aromatic carbocycles. The molecule has 5 heteroatoms. The Morgan fingerprint density at radius 2 is 1.81 bits per heavy atom. The minimum atomic E-state index is -0.414. The first-order chi connectivity index (χ1) is 12.6. The number of nitrogens with zero attached hydrogens (tertiary/aromatic N) is 1. The predicted octanol–water partition coefficient (Wildman–Crippen LogP) is 3.04. The number of carbonyl (C=O) groups excluding carboxylic acids is 2. The van der Waals surface area contributed by atoms with Gasteiger partial charge in [-0.25, -0.2) is 0 Å². The van der Waals surface area contributed by atoms with Crippen molar-refractivity contribution in [2.75, 3.05) is 19.7 Å². The molecule has 0 spiro atoms. The van der Waals surface area contributed by atoms with Crippen LogP contribution in [0.3, 0.4) is 0 Å². The van der Waals surface area contributed by atoms with E-state index in [-0.39, 0.29) is 12.3 Å². The van der Waals surface area contributed by atoms with Gasteiger partial charge in [0, 0.05) is 25.1 Å². The van der Waals surface area contributed by atoms with Gasteiger partial charge in [-0.15, -0.1) is 0 Å². The molecule has 0 bridgehead atoms. The number of primary amides is 1. The molecule has 0 heterocycles. The monoisotopic (exact) mass is 354 g/mol. The Morgan fingerprint density at radius 3 is 2.50 bits per heavy atom. The van der Waals surface area contributed by atoms with Crippen LogP contribution in [-0.4, -0.2) is 36.4 Å². The van der Waals surface area contributed by atoms with E-state index < -0.39 is 5.91 Å². The van der Waals surface area contributed by atoms with Crippen LogP contribution >= 0.6 is 0 Å². The molecule has 2 rings (SSSR count). The lowest BCUT2D eigenvalue weighted by molar-refractivity contribution is -0.118. The average molecular weight is 354 g/mol. The summed E-state index contributed by atoms with van der Waals surface area (Å²) in [5, 5.41) is 0. The van der Waals surface area contributed by atoms with Crippen LogP contribution in [0, 0.1) is 0 Å². The van der Waals surface area contributed by atoms with Gasteiger partial charge in [-0.2, -0.15) is 0 Å². The number of carbonyl (C=O) groups is 2. The van der Waals surface area contributed by atoms with Crippen LogP contribution in [0.25, 0.3) is 0 Å². The van der Waals surface area contributed by atoms with Crippen LogP contribution in [0.4, 0.5) is 0 Å². The van der Waals surface area contributed by atoms with Crippen LogP contribution in [0.1, 0.15) is 35.7 Å². The lowest BCUT2D eigenvalue weighted by Crippen LogP contribution is -2.35. The van der Waals surface area contributed by atoms with Gasteiger partial charge >= 0.3 is 0 Å². The quantitative estimate of drug-likeness (QED) is 0.713. The first kappa shape index (κ1) is 19.5. The number of rotatable bonds is 10. The first-order valence-corrected chi connectivity index (χ1v) is 8.94. The molecular weight excluding hydrogens is 328 g/mol. The normalized spacial score (nSPS) is 10.3. The van der Waals surface area contributed by atoms with Gasteiger partial charge in [0.25, 0.3) is 5.91 Å². The zero-order valence-electron chi connectivity index (χ0n) is 15.2. The van der Waals surface area contributed by atoms with Crippen molar-refractivity contribution in [2.24, 2.45) is 5.73 Å². The zero-order chi connectivity index (χ0) is 18.8. The zero-order valence-corrected chi connectivity index (χ0v) is 15.2. The van der Waals surface area contributed by atoms with E-state index in [4.69, 9.17) is 10.5 Å². The van der Waals surface area contributed by atoms with Crippen molar-refractivity contribution >= 4 is 11.8 Å². The molecule has 0 saturated carbocycles. The van der Waals surface area contributed by atoms with Crippen LogP contribution in [0.15, 0.2) is 54.6 Å². The molecule has 2 amide bonds. The summed E-state index contributed by atoms with van der Waals surface area (Å²) >= 11 is 0. The van der Waals surface area contributed by atoms with Crippen LogP contribution in [0.5, 0.6) is 5.75 Å². The van der Waals surface area contributed by atoms with Crippen molar-refractivity contribution in [3.8, 4) is 5.75 Å². The Morgan fingerprint density at radius 1 is 1.04 bits per heavy atom. The maximum atomic E-state index is 12.9. The highest BCUT2D eigenvalue weighted by atomic mass is 16.5. The van der Waals surface area contributed by atoms with Gasteiger partial charge in [0.2, 0.25) is 5.91 Å². The summed E-state index contributed by atoms with van der Waals surface area (Å²) in [6.07, 6.45) is 1.77. The minimum absolute atomic E-state index is 0.121. The highest BCUT2D eigenvalue weighted by Gasteiger charge is 2.17. The van der Waals surface area contributed by atoms with Gasteiger partial charge in [-0.05, 0) is 36.6 Å². The molecule has 0 aliphatic carbocycles. The maximum Gasteiger partial charge on any atom is 0.254 e. The fourth-order valence-corrected chi connectivity index (χ4v) is 2.59. The Bertz CT molecular complexity index is 716. The molecule has 0 radical (unpaired) electrons. The van der Waals surface area contributed by atoms with E-state index in [2.05, 4.69) is 0 Å². The van der Waals surface area contributed by atoms with E-state index in [1.807, 2.05) is 49.4 Å². The Hall–Kier alpha value is -2.82. The Kier molecular flexibility index (Phi) is 7.68. The Labute approximate surface area is 154 Å². The van der Waals surface area contributed by atoms with Crippen LogP contribution in [-0.2, 0) is 11.2 Å². The third-order valence-corrected chi connectivity index (χ3v) is 3.98. The molecule has 138 valence electrons. The number of ether oxygens (including phenoxy) is 1. The second kappa shape index (κ2) is 10.2. The third kappa shape index (κ3) is 6.24. The van der Waals surface area contributed by atoms with Crippen molar-refractivity contribution in [3.63, 3.8) is 0 Å². The smallest absolute Gasteiger partial charge is 0.254 e. The molecule has 5 nitrogen and oxygen atoms in total. The summed E-state index contributed by atoms with van der Waals surface area (Å²) in [4.78, 5) is 25.8. The standard InChI is InChI=1S/C21H26N2O3/c1-2-15-26-19-10-6-9-18(16-19)21(25)23(14-12-20(22)24)13-11-17-7-4-3-5-8-17/h3-10,16H,2,11-15H2,1H3,(H2,22,24). The molecular formula is C21H26N2O3. The molecule has 0 unspecified atom stereocenters. The van der Waals surface area contributed by atoms with Crippen LogP contribution < -0.4 is 10.5 Å². The van der Waals surface area contributed by atoms with Crippen molar-refractivity contribution in [1.82, 2.24) is 4.90 Å². The van der Waals surface area contributed by atoms with E-state index in [0.717, 1.165) is 18.4 Å². The molecule has 2 N–H and O–H groups in total. The van der Waals surface area contributed by atoms with Gasteiger partial charge in [-0.3, -0.25) is 9.59 Å². The number of benzene rings is 2. The summed E-state index contributed by atoms with van der Waals surface area (Å²) in [5.74, 6) is 0.141. The van der Waals surface area contributed by atoms with Crippen LogP contribution in [0.2, 0.25) is 0 Å². The molecule has 0 atom stereocenters. The second-order valence-corrected chi connectivity index (χ2v) is 6.12. The number of nitrogens with two attached hydrogens (primary N) is 1. The second-order valence-electron chi connectivity index (χ2n) is 6.12. The summed E-state index contributed by atoms with van der Waals surface area (Å²) in [7, 11) is 0. The van der Waals surface area contributed by atoms with E-state index >= 15 is 0 Å². The predicted molar refractivity (Wildman–Crippen MR) is 102 cm³/mol. The molecule has 0 aliphatic rings. The summed E-state index contributed by atoms with van der Waals surface area (Å²) in [6.45, 7) is 3.47.